The maximum absolute atomic E-state index is 13.4. The van der Waals surface area contributed by atoms with Crippen LogP contribution in [0.4, 0.5) is 14.5 Å². The number of alkyl halides is 1. The van der Waals surface area contributed by atoms with Crippen LogP contribution in [0.25, 0.3) is 0 Å². The number of benzene rings is 1. The van der Waals surface area contributed by atoms with Gasteiger partial charge in [0.25, 0.3) is 11.7 Å². The summed E-state index contributed by atoms with van der Waals surface area (Å²) in [6.07, 6.45) is 0.443. The van der Waals surface area contributed by atoms with Gasteiger partial charge in [-0.15, -0.1) is 11.6 Å². The predicted octanol–water partition coefficient (Wildman–Crippen LogP) is 2.12. The number of anilines is 1. The van der Waals surface area contributed by atoms with Crippen LogP contribution in [0, 0.1) is 11.6 Å². The van der Waals surface area contributed by atoms with Gasteiger partial charge in [0.05, 0.1) is 11.3 Å². The summed E-state index contributed by atoms with van der Waals surface area (Å²) in [5.41, 5.74) is -0.367. The van der Waals surface area contributed by atoms with Crippen LogP contribution in [0.5, 0.6) is 0 Å². The lowest BCUT2D eigenvalue weighted by atomic mass is 10.1. The van der Waals surface area contributed by atoms with E-state index in [1.165, 1.54) is 0 Å². The molecular weight excluding hydrogens is 252 g/mol. The molecule has 1 aromatic carbocycles. The number of carbonyl (C=O) groups excluding carboxylic acids is 2. The van der Waals surface area contributed by atoms with Gasteiger partial charge in [0.2, 0.25) is 0 Å². The fourth-order valence-corrected chi connectivity index (χ4v) is 1.90. The minimum Gasteiger partial charge on any atom is -0.305 e. The molecule has 1 heterocycles. The van der Waals surface area contributed by atoms with Gasteiger partial charge in [-0.3, -0.25) is 9.59 Å². The molecule has 0 N–H and O–H groups in total. The molecule has 6 heteroatoms. The maximum Gasteiger partial charge on any atom is 0.299 e. The van der Waals surface area contributed by atoms with E-state index in [9.17, 15) is 18.4 Å². The Balaban J connectivity index is 2.48. The number of Topliss-reactive ketones (excluding diaryl/α,β-unsaturated/α-hetero) is 1. The first-order chi connectivity index (χ1) is 8.06. The van der Waals surface area contributed by atoms with E-state index in [1.807, 2.05) is 0 Å². The molecule has 90 valence electrons. The van der Waals surface area contributed by atoms with Crippen LogP contribution in [0.15, 0.2) is 12.1 Å². The molecule has 0 aliphatic carbocycles. The summed E-state index contributed by atoms with van der Waals surface area (Å²) in [6, 6.07) is 1.57. The van der Waals surface area contributed by atoms with Gasteiger partial charge in [-0.25, -0.2) is 8.78 Å². The molecule has 1 amide bonds. The number of hydrogen-bond donors (Lipinski definition) is 0. The number of amides is 1. The molecule has 0 fully saturated rings. The Morgan fingerprint density at radius 2 is 1.94 bits per heavy atom. The van der Waals surface area contributed by atoms with Crippen LogP contribution >= 0.6 is 11.6 Å². The zero-order valence-corrected chi connectivity index (χ0v) is 9.43. The number of fused-ring (bicyclic) bond motifs is 1. The second kappa shape index (κ2) is 4.41. The standard InChI is InChI=1S/C11H8ClF2NO2/c12-2-1-3-15-8-5-6(13)4-7(14)9(8)10(16)11(15)17/h4-5H,1-3H2. The van der Waals surface area contributed by atoms with Crippen molar-refractivity contribution in [3.63, 3.8) is 0 Å². The zero-order valence-electron chi connectivity index (χ0n) is 8.67. The van der Waals surface area contributed by atoms with Crippen molar-refractivity contribution in [2.24, 2.45) is 0 Å². The fraction of sp³-hybridized carbons (Fsp3) is 0.273. The smallest absolute Gasteiger partial charge is 0.299 e. The molecule has 3 nitrogen and oxygen atoms in total. The molecule has 0 radical (unpaired) electrons. The highest BCUT2D eigenvalue weighted by Gasteiger charge is 2.38. The summed E-state index contributed by atoms with van der Waals surface area (Å²) in [5.74, 6) is -3.31. The predicted molar refractivity (Wildman–Crippen MR) is 58.4 cm³/mol. The summed E-state index contributed by atoms with van der Waals surface area (Å²) >= 11 is 5.48. The third-order valence-electron chi connectivity index (χ3n) is 2.51. The largest absolute Gasteiger partial charge is 0.305 e. The summed E-state index contributed by atoms with van der Waals surface area (Å²) in [7, 11) is 0. The molecule has 2 rings (SSSR count). The fourth-order valence-electron chi connectivity index (χ4n) is 1.78. The van der Waals surface area contributed by atoms with Crippen LogP contribution in [-0.4, -0.2) is 24.1 Å². The number of ketones is 1. The molecule has 0 aromatic heterocycles. The topological polar surface area (TPSA) is 37.4 Å². The van der Waals surface area contributed by atoms with Crippen molar-refractivity contribution in [2.75, 3.05) is 17.3 Å². The summed E-state index contributed by atoms with van der Waals surface area (Å²) in [5, 5.41) is 0. The van der Waals surface area contributed by atoms with Crippen molar-refractivity contribution in [2.45, 2.75) is 6.42 Å². The van der Waals surface area contributed by atoms with E-state index >= 15 is 0 Å². The molecule has 1 aromatic rings. The Morgan fingerprint density at radius 1 is 1.24 bits per heavy atom. The number of rotatable bonds is 3. The van der Waals surface area contributed by atoms with Crippen molar-refractivity contribution in [1.29, 1.82) is 0 Å². The van der Waals surface area contributed by atoms with E-state index < -0.39 is 23.3 Å². The van der Waals surface area contributed by atoms with Gasteiger partial charge in [-0.1, -0.05) is 0 Å². The van der Waals surface area contributed by atoms with Gasteiger partial charge in [0.15, 0.2) is 0 Å². The lowest BCUT2D eigenvalue weighted by Crippen LogP contribution is -2.30. The lowest BCUT2D eigenvalue weighted by Gasteiger charge is -2.15. The first kappa shape index (κ1) is 12.0. The molecule has 1 aliphatic heterocycles. The third kappa shape index (κ3) is 1.91. The SMILES string of the molecule is O=C1C(=O)N(CCCCl)c2cc(F)cc(F)c21. The first-order valence-electron chi connectivity index (χ1n) is 4.97. The van der Waals surface area contributed by atoms with Gasteiger partial charge in [0, 0.05) is 18.5 Å². The molecule has 0 bridgehead atoms. The molecule has 0 spiro atoms. The zero-order chi connectivity index (χ0) is 12.6. The van der Waals surface area contributed by atoms with Crippen molar-refractivity contribution < 1.29 is 18.4 Å². The summed E-state index contributed by atoms with van der Waals surface area (Å²) in [4.78, 5) is 24.2. The lowest BCUT2D eigenvalue weighted by molar-refractivity contribution is -0.114. The van der Waals surface area contributed by atoms with E-state index in [-0.39, 0.29) is 17.8 Å². The van der Waals surface area contributed by atoms with Crippen molar-refractivity contribution >= 4 is 29.0 Å². The Hall–Kier alpha value is -1.49. The number of hydrogen-bond acceptors (Lipinski definition) is 2. The number of carbonyl (C=O) groups is 2. The van der Waals surface area contributed by atoms with E-state index in [2.05, 4.69) is 0 Å². The molecular formula is C11H8ClF2NO2. The van der Waals surface area contributed by atoms with Crippen LogP contribution < -0.4 is 4.90 Å². The molecule has 1 aliphatic rings. The quantitative estimate of drug-likeness (QED) is 0.616. The Kier molecular flexibility index (Phi) is 3.11. The minimum absolute atomic E-state index is 0.0115. The van der Waals surface area contributed by atoms with Crippen molar-refractivity contribution in [3.8, 4) is 0 Å². The van der Waals surface area contributed by atoms with Crippen LogP contribution in [0.3, 0.4) is 0 Å². The Bertz CT molecular complexity index is 504. The normalized spacial score (nSPS) is 14.4. The van der Waals surface area contributed by atoms with Crippen LogP contribution in [0.2, 0.25) is 0 Å². The van der Waals surface area contributed by atoms with Crippen LogP contribution in [0.1, 0.15) is 16.8 Å². The second-order valence-corrected chi connectivity index (χ2v) is 3.99. The number of halogens is 3. The highest BCUT2D eigenvalue weighted by atomic mass is 35.5. The molecule has 0 saturated heterocycles. The molecule has 0 atom stereocenters. The van der Waals surface area contributed by atoms with Crippen molar-refractivity contribution in [1.82, 2.24) is 0 Å². The monoisotopic (exact) mass is 259 g/mol. The van der Waals surface area contributed by atoms with Crippen molar-refractivity contribution in [3.05, 3.63) is 29.3 Å². The van der Waals surface area contributed by atoms with E-state index in [0.29, 0.717) is 18.4 Å². The second-order valence-electron chi connectivity index (χ2n) is 3.61. The average Bonchev–Trinajstić information content (AvgIpc) is 2.49. The van der Waals surface area contributed by atoms with E-state index in [1.54, 1.807) is 0 Å². The summed E-state index contributed by atoms with van der Waals surface area (Å²) < 4.78 is 26.5. The van der Waals surface area contributed by atoms with Gasteiger partial charge in [-0.2, -0.15) is 0 Å². The number of nitrogens with zero attached hydrogens (tertiary/aromatic N) is 1. The highest BCUT2D eigenvalue weighted by Crippen LogP contribution is 2.31. The van der Waals surface area contributed by atoms with Gasteiger partial charge in [-0.05, 0) is 12.5 Å². The van der Waals surface area contributed by atoms with Gasteiger partial charge in [0.1, 0.15) is 11.6 Å². The Morgan fingerprint density at radius 3 is 2.59 bits per heavy atom. The maximum atomic E-state index is 13.4. The molecule has 17 heavy (non-hydrogen) atoms. The Labute approximate surface area is 101 Å². The highest BCUT2D eigenvalue weighted by molar-refractivity contribution is 6.52. The van der Waals surface area contributed by atoms with Gasteiger partial charge < -0.3 is 4.90 Å². The molecule has 0 saturated carbocycles. The first-order valence-corrected chi connectivity index (χ1v) is 5.51. The third-order valence-corrected chi connectivity index (χ3v) is 2.77. The van der Waals surface area contributed by atoms with E-state index in [0.717, 1.165) is 11.0 Å². The summed E-state index contributed by atoms with van der Waals surface area (Å²) in [6.45, 7) is 0.171. The van der Waals surface area contributed by atoms with E-state index in [4.69, 9.17) is 11.6 Å². The average molecular weight is 260 g/mol. The van der Waals surface area contributed by atoms with Crippen LogP contribution in [-0.2, 0) is 4.79 Å². The molecule has 0 unspecified atom stereocenters. The minimum atomic E-state index is -1.01. The van der Waals surface area contributed by atoms with Gasteiger partial charge >= 0.3 is 0 Å².